The van der Waals surface area contributed by atoms with Crippen molar-refractivity contribution in [2.45, 2.75) is 12.1 Å². The van der Waals surface area contributed by atoms with Crippen LogP contribution in [0.2, 0.25) is 0 Å². The van der Waals surface area contributed by atoms with Gasteiger partial charge in [-0.2, -0.15) is 0 Å². The van der Waals surface area contributed by atoms with Crippen LogP contribution < -0.4 is 0 Å². The van der Waals surface area contributed by atoms with Crippen LogP contribution in [0.5, 0.6) is 0 Å². The molecule has 0 N–H and O–H groups in total. The molecule has 0 unspecified atom stereocenters. The molecule has 1 aromatic heterocycles. The second-order valence-corrected chi connectivity index (χ2v) is 8.07. The molecule has 0 radical (unpaired) electrons. The van der Waals surface area contributed by atoms with E-state index >= 15 is 0 Å². The summed E-state index contributed by atoms with van der Waals surface area (Å²) < 4.78 is 48.0. The van der Waals surface area contributed by atoms with Crippen molar-refractivity contribution in [3.05, 3.63) is 30.1 Å². The maximum absolute atomic E-state index is 13.0. The van der Waals surface area contributed by atoms with Crippen LogP contribution in [0.3, 0.4) is 0 Å². The van der Waals surface area contributed by atoms with Crippen LogP contribution in [0.25, 0.3) is 11.5 Å². The Kier molecular flexibility index (Phi) is 6.11. The number of halogens is 1. The lowest BCUT2D eigenvalue weighted by molar-refractivity contribution is -0.130. The molecule has 0 bridgehead atoms. The van der Waals surface area contributed by atoms with Crippen molar-refractivity contribution < 1.29 is 31.6 Å². The summed E-state index contributed by atoms with van der Waals surface area (Å²) in [6, 6.07) is 5.08. The van der Waals surface area contributed by atoms with E-state index in [2.05, 4.69) is 10.2 Å². The summed E-state index contributed by atoms with van der Waals surface area (Å²) >= 11 is 0. The minimum absolute atomic E-state index is 0.0981. The maximum atomic E-state index is 13.0. The van der Waals surface area contributed by atoms with Crippen molar-refractivity contribution in [2.75, 3.05) is 38.5 Å². The van der Waals surface area contributed by atoms with Crippen molar-refractivity contribution in [1.82, 2.24) is 20.0 Å². The highest BCUT2D eigenvalue weighted by Gasteiger charge is 2.31. The lowest BCUT2D eigenvalue weighted by Gasteiger charge is -2.33. The van der Waals surface area contributed by atoms with Crippen LogP contribution in [0.4, 0.5) is 9.18 Å². The van der Waals surface area contributed by atoms with Crippen LogP contribution >= 0.6 is 0 Å². The molecule has 2 aromatic rings. The SMILES string of the molecule is CCOC(=O)N1CCN(C(=O)CS(=O)(=O)c2nnc(-c3ccc(F)cc3)o2)CC1. The van der Waals surface area contributed by atoms with Gasteiger partial charge < -0.3 is 19.0 Å². The predicted octanol–water partition coefficient (Wildman–Crippen LogP) is 0.950. The number of hydrogen-bond acceptors (Lipinski definition) is 8. The third-order valence-electron chi connectivity index (χ3n) is 4.24. The highest BCUT2D eigenvalue weighted by Crippen LogP contribution is 2.21. The molecule has 0 atom stereocenters. The molecular formula is C17H19FN4O6S. The number of rotatable bonds is 5. The number of amides is 2. The largest absolute Gasteiger partial charge is 0.450 e. The molecule has 156 valence electrons. The molecule has 0 aliphatic carbocycles. The van der Waals surface area contributed by atoms with Gasteiger partial charge in [-0.15, -0.1) is 5.10 Å². The number of carbonyl (C=O) groups excluding carboxylic acids is 2. The molecule has 10 nitrogen and oxygen atoms in total. The normalized spacial score (nSPS) is 14.7. The standard InChI is InChI=1S/C17H19FN4O6S/c1-2-27-17(24)22-9-7-21(8-10-22)14(23)11-29(25,26)16-20-19-15(28-16)12-3-5-13(18)6-4-12/h3-6H,2,7-11H2,1H3. The highest BCUT2D eigenvalue weighted by atomic mass is 32.2. The van der Waals surface area contributed by atoms with Crippen molar-refractivity contribution in [1.29, 1.82) is 0 Å². The van der Waals surface area contributed by atoms with Crippen molar-refractivity contribution in [3.63, 3.8) is 0 Å². The lowest BCUT2D eigenvalue weighted by Crippen LogP contribution is -2.51. The molecule has 2 amide bonds. The molecule has 0 spiro atoms. The number of ether oxygens (including phenoxy) is 1. The molecule has 1 saturated heterocycles. The first-order valence-corrected chi connectivity index (χ1v) is 10.5. The van der Waals surface area contributed by atoms with Crippen LogP contribution in [-0.2, 0) is 19.4 Å². The highest BCUT2D eigenvalue weighted by molar-refractivity contribution is 7.91. The fourth-order valence-corrected chi connectivity index (χ4v) is 3.72. The minimum atomic E-state index is -4.15. The predicted molar refractivity (Wildman–Crippen MR) is 96.9 cm³/mol. The molecular weight excluding hydrogens is 407 g/mol. The van der Waals surface area contributed by atoms with Crippen LogP contribution in [0.1, 0.15) is 6.92 Å². The molecule has 1 aromatic carbocycles. The Balaban J connectivity index is 1.62. The Bertz CT molecular complexity index is 984. The number of piperazine rings is 1. The zero-order chi connectivity index (χ0) is 21.0. The third kappa shape index (κ3) is 4.88. The lowest BCUT2D eigenvalue weighted by atomic mass is 10.2. The van der Waals surface area contributed by atoms with Gasteiger partial charge in [-0.25, -0.2) is 17.6 Å². The third-order valence-corrected chi connectivity index (χ3v) is 5.56. The van der Waals surface area contributed by atoms with E-state index in [1.807, 2.05) is 0 Å². The van der Waals surface area contributed by atoms with E-state index in [0.29, 0.717) is 5.56 Å². The average Bonchev–Trinajstić information content (AvgIpc) is 3.20. The fraction of sp³-hybridized carbons (Fsp3) is 0.412. The summed E-state index contributed by atoms with van der Waals surface area (Å²) in [5, 5.41) is 6.46. The zero-order valence-electron chi connectivity index (χ0n) is 15.6. The van der Waals surface area contributed by atoms with Gasteiger partial charge in [-0.1, -0.05) is 5.10 Å². The molecule has 1 fully saturated rings. The van der Waals surface area contributed by atoms with E-state index in [0.717, 1.165) is 0 Å². The molecule has 0 saturated carbocycles. The van der Waals surface area contributed by atoms with Gasteiger partial charge in [0.1, 0.15) is 11.6 Å². The second-order valence-electron chi connectivity index (χ2n) is 6.21. The molecule has 29 heavy (non-hydrogen) atoms. The Morgan fingerprint density at radius 1 is 1.10 bits per heavy atom. The van der Waals surface area contributed by atoms with E-state index in [1.165, 1.54) is 34.1 Å². The second kappa shape index (κ2) is 8.55. The summed E-state index contributed by atoms with van der Waals surface area (Å²) in [5.74, 6) is -2.03. The topological polar surface area (TPSA) is 123 Å². The van der Waals surface area contributed by atoms with E-state index in [1.54, 1.807) is 6.92 Å². The first kappa shape index (κ1) is 20.7. The van der Waals surface area contributed by atoms with Crippen LogP contribution in [0, 0.1) is 5.82 Å². The number of sulfone groups is 1. The van der Waals surface area contributed by atoms with Crippen molar-refractivity contribution in [2.24, 2.45) is 0 Å². The summed E-state index contributed by atoms with van der Waals surface area (Å²) in [7, 11) is -4.15. The maximum Gasteiger partial charge on any atom is 0.409 e. The smallest absolute Gasteiger partial charge is 0.409 e. The first-order chi connectivity index (χ1) is 13.8. The Morgan fingerprint density at radius 2 is 1.72 bits per heavy atom. The van der Waals surface area contributed by atoms with Crippen molar-refractivity contribution in [3.8, 4) is 11.5 Å². The van der Waals surface area contributed by atoms with E-state index in [-0.39, 0.29) is 38.7 Å². The number of carbonyl (C=O) groups is 2. The zero-order valence-corrected chi connectivity index (χ0v) is 16.4. The van der Waals surface area contributed by atoms with Gasteiger partial charge in [0.25, 0.3) is 0 Å². The van der Waals surface area contributed by atoms with Gasteiger partial charge in [0.15, 0.2) is 0 Å². The molecule has 1 aliphatic rings. The van der Waals surface area contributed by atoms with Gasteiger partial charge in [0, 0.05) is 31.7 Å². The average molecular weight is 426 g/mol. The summed E-state index contributed by atoms with van der Waals surface area (Å²) in [6.45, 7) is 2.83. The number of benzene rings is 1. The van der Waals surface area contributed by atoms with E-state index in [9.17, 15) is 22.4 Å². The summed E-state index contributed by atoms with van der Waals surface area (Å²) in [4.78, 5) is 26.9. The van der Waals surface area contributed by atoms with E-state index < -0.39 is 38.6 Å². The minimum Gasteiger partial charge on any atom is -0.450 e. The van der Waals surface area contributed by atoms with Crippen LogP contribution in [-0.4, -0.2) is 79.0 Å². The van der Waals surface area contributed by atoms with Gasteiger partial charge in [-0.3, -0.25) is 4.79 Å². The number of hydrogen-bond donors (Lipinski definition) is 0. The van der Waals surface area contributed by atoms with Gasteiger partial charge >= 0.3 is 11.3 Å². The Hall–Kier alpha value is -3.02. The Labute approximate surface area is 166 Å². The molecule has 1 aliphatic heterocycles. The van der Waals surface area contributed by atoms with Gasteiger partial charge in [0.05, 0.1) is 6.61 Å². The van der Waals surface area contributed by atoms with Crippen molar-refractivity contribution >= 4 is 21.8 Å². The van der Waals surface area contributed by atoms with E-state index in [4.69, 9.17) is 9.15 Å². The summed E-state index contributed by atoms with van der Waals surface area (Å²) in [6.07, 6.45) is -0.466. The quantitative estimate of drug-likeness (QED) is 0.692. The molecule has 12 heteroatoms. The number of aromatic nitrogens is 2. The Morgan fingerprint density at radius 3 is 2.34 bits per heavy atom. The van der Waals surface area contributed by atoms with Gasteiger partial charge in [-0.05, 0) is 31.2 Å². The molecule has 2 heterocycles. The monoisotopic (exact) mass is 426 g/mol. The molecule has 3 rings (SSSR count). The fourth-order valence-electron chi connectivity index (χ4n) is 2.71. The first-order valence-electron chi connectivity index (χ1n) is 8.82. The number of nitrogens with zero attached hydrogens (tertiary/aromatic N) is 4. The van der Waals surface area contributed by atoms with Gasteiger partial charge in [0.2, 0.25) is 21.6 Å². The van der Waals surface area contributed by atoms with Crippen LogP contribution in [0.15, 0.2) is 33.9 Å². The summed E-state index contributed by atoms with van der Waals surface area (Å²) in [5.41, 5.74) is 0.349.